The van der Waals surface area contributed by atoms with E-state index in [2.05, 4.69) is 90.7 Å². The van der Waals surface area contributed by atoms with Crippen LogP contribution in [0.25, 0.3) is 22.3 Å². The highest BCUT2D eigenvalue weighted by molar-refractivity contribution is 7.27. The summed E-state index contributed by atoms with van der Waals surface area (Å²) in [6.07, 6.45) is 0. The molecule has 0 spiro atoms. The molecule has 3 rings (SSSR count). The van der Waals surface area contributed by atoms with Gasteiger partial charge in [0.25, 0.3) is 0 Å². The number of rotatable bonds is 2. The Labute approximate surface area is 135 Å². The third kappa shape index (κ3) is 3.13. The van der Waals surface area contributed by atoms with Crippen LogP contribution in [0, 0.1) is 20.8 Å². The summed E-state index contributed by atoms with van der Waals surface area (Å²) in [6, 6.07) is 22.1. The molecule has 1 atom stereocenters. The van der Waals surface area contributed by atoms with Gasteiger partial charge >= 0.3 is 0 Å². The van der Waals surface area contributed by atoms with Crippen molar-refractivity contribution in [2.75, 3.05) is 0 Å². The maximum Gasteiger partial charge on any atom is -0.0179 e. The second-order valence-corrected chi connectivity index (χ2v) is 6.65. The number of hydrogen-bond acceptors (Lipinski definition) is 0. The Morgan fingerprint density at radius 1 is 0.545 bits per heavy atom. The van der Waals surface area contributed by atoms with Crippen molar-refractivity contribution < 1.29 is 0 Å². The first kappa shape index (κ1) is 15.0. The van der Waals surface area contributed by atoms with Crippen molar-refractivity contribution >= 4 is 14.5 Å². The molecule has 0 bridgehead atoms. The van der Waals surface area contributed by atoms with Crippen molar-refractivity contribution in [1.82, 2.24) is 0 Å². The molecule has 3 aromatic carbocycles. The fourth-order valence-corrected chi connectivity index (χ4v) is 3.03. The minimum absolute atomic E-state index is 1.26. The average molecular weight is 304 g/mol. The second kappa shape index (κ2) is 6.07. The normalized spacial score (nSPS) is 10.7. The summed E-state index contributed by atoms with van der Waals surface area (Å²) in [7, 11) is 2.78. The predicted molar refractivity (Wildman–Crippen MR) is 101 cm³/mol. The van der Waals surface area contributed by atoms with Gasteiger partial charge in [-0.05, 0) is 53.9 Å². The minimum Gasteiger partial charge on any atom is -0.105 e. The van der Waals surface area contributed by atoms with Crippen molar-refractivity contribution in [3.05, 3.63) is 77.4 Å². The maximum absolute atomic E-state index is 2.78. The number of aryl methyl sites for hydroxylation is 3. The van der Waals surface area contributed by atoms with Gasteiger partial charge < -0.3 is 0 Å². The van der Waals surface area contributed by atoms with Crippen LogP contribution >= 0.6 is 9.24 Å². The van der Waals surface area contributed by atoms with E-state index in [-0.39, 0.29) is 0 Å². The largest absolute Gasteiger partial charge is 0.105 e. The Kier molecular flexibility index (Phi) is 4.14. The molecule has 0 amide bonds. The Morgan fingerprint density at radius 3 is 1.59 bits per heavy atom. The van der Waals surface area contributed by atoms with E-state index in [1.807, 2.05) is 0 Å². The van der Waals surface area contributed by atoms with Crippen LogP contribution in [0.3, 0.4) is 0 Å². The van der Waals surface area contributed by atoms with E-state index in [0.717, 1.165) is 0 Å². The molecule has 110 valence electrons. The first-order chi connectivity index (χ1) is 10.5. The second-order valence-electron chi connectivity index (χ2n) is 6.03. The first-order valence-electron chi connectivity index (χ1n) is 7.58. The Morgan fingerprint density at radius 2 is 1.05 bits per heavy atom. The van der Waals surface area contributed by atoms with Gasteiger partial charge in [0.1, 0.15) is 0 Å². The van der Waals surface area contributed by atoms with Crippen LogP contribution in [-0.4, -0.2) is 0 Å². The van der Waals surface area contributed by atoms with Crippen LogP contribution in [0.1, 0.15) is 16.7 Å². The van der Waals surface area contributed by atoms with E-state index < -0.39 is 0 Å². The smallest absolute Gasteiger partial charge is 0.0179 e. The molecule has 0 aromatic heterocycles. The zero-order valence-corrected chi connectivity index (χ0v) is 14.5. The molecule has 0 fully saturated rings. The van der Waals surface area contributed by atoms with Crippen molar-refractivity contribution in [1.29, 1.82) is 0 Å². The molecule has 22 heavy (non-hydrogen) atoms. The van der Waals surface area contributed by atoms with E-state index in [4.69, 9.17) is 0 Å². The summed E-state index contributed by atoms with van der Waals surface area (Å²) in [5.41, 5.74) is 9.03. The van der Waals surface area contributed by atoms with Gasteiger partial charge in [0.2, 0.25) is 0 Å². The van der Waals surface area contributed by atoms with E-state index in [0.29, 0.717) is 0 Å². The molecule has 0 saturated carbocycles. The first-order valence-corrected chi connectivity index (χ1v) is 8.16. The summed E-state index contributed by atoms with van der Waals surface area (Å²) >= 11 is 0. The Bertz CT molecular complexity index is 794. The molecular weight excluding hydrogens is 283 g/mol. The van der Waals surface area contributed by atoms with Gasteiger partial charge in [-0.1, -0.05) is 71.8 Å². The van der Waals surface area contributed by atoms with Crippen molar-refractivity contribution in [2.24, 2.45) is 0 Å². The van der Waals surface area contributed by atoms with E-state index >= 15 is 0 Å². The van der Waals surface area contributed by atoms with Crippen molar-refractivity contribution in [2.45, 2.75) is 20.8 Å². The molecule has 0 heterocycles. The molecule has 0 N–H and O–H groups in total. The molecule has 0 aliphatic heterocycles. The van der Waals surface area contributed by atoms with E-state index in [9.17, 15) is 0 Å². The fraction of sp³-hybridized carbons (Fsp3) is 0.143. The number of benzene rings is 3. The molecule has 0 radical (unpaired) electrons. The van der Waals surface area contributed by atoms with Gasteiger partial charge in [0.05, 0.1) is 0 Å². The lowest BCUT2D eigenvalue weighted by Gasteiger charge is -2.08. The molecule has 1 unspecified atom stereocenters. The van der Waals surface area contributed by atoms with Crippen LogP contribution in [0.5, 0.6) is 0 Å². The van der Waals surface area contributed by atoms with Gasteiger partial charge in [0.15, 0.2) is 0 Å². The standard InChI is InChI=1S/C21H21P/c1-14-10-15(2)12-20(11-14)18-6-4-17(5-7-18)19-8-9-21(22)16(3)13-19/h4-13H,22H2,1-3H3. The molecule has 3 aromatic rings. The third-order valence-corrected chi connectivity index (χ3v) is 4.69. The van der Waals surface area contributed by atoms with Gasteiger partial charge in [-0.25, -0.2) is 0 Å². The summed E-state index contributed by atoms with van der Waals surface area (Å²) in [5.74, 6) is 0. The molecule has 0 nitrogen and oxygen atoms in total. The van der Waals surface area contributed by atoms with E-state index in [1.54, 1.807) is 0 Å². The summed E-state index contributed by atoms with van der Waals surface area (Å²) in [6.45, 7) is 6.45. The quantitative estimate of drug-likeness (QED) is 0.553. The van der Waals surface area contributed by atoms with Crippen LogP contribution in [0.15, 0.2) is 60.7 Å². The predicted octanol–water partition coefficient (Wildman–Crippen LogP) is 5.45. The number of hydrogen-bond donors (Lipinski definition) is 0. The highest BCUT2D eigenvalue weighted by atomic mass is 31.0. The average Bonchev–Trinajstić information content (AvgIpc) is 2.49. The minimum atomic E-state index is 1.26. The topological polar surface area (TPSA) is 0 Å². The van der Waals surface area contributed by atoms with Crippen LogP contribution in [0.4, 0.5) is 0 Å². The summed E-state index contributed by atoms with van der Waals surface area (Å²) in [4.78, 5) is 0. The lowest BCUT2D eigenvalue weighted by molar-refractivity contribution is 1.38. The summed E-state index contributed by atoms with van der Waals surface area (Å²) < 4.78 is 0. The van der Waals surface area contributed by atoms with Gasteiger partial charge in [0, 0.05) is 0 Å². The Hall–Kier alpha value is -1.91. The zero-order valence-electron chi connectivity index (χ0n) is 13.4. The summed E-state index contributed by atoms with van der Waals surface area (Å²) in [5, 5.41) is 1.26. The van der Waals surface area contributed by atoms with Crippen molar-refractivity contribution in [3.63, 3.8) is 0 Å². The monoisotopic (exact) mass is 304 g/mol. The Balaban J connectivity index is 1.97. The van der Waals surface area contributed by atoms with Gasteiger partial charge in [-0.2, -0.15) is 0 Å². The van der Waals surface area contributed by atoms with Crippen LogP contribution in [0.2, 0.25) is 0 Å². The molecule has 0 aliphatic rings. The lowest BCUT2D eigenvalue weighted by atomic mass is 9.97. The molecular formula is C21H21P. The van der Waals surface area contributed by atoms with E-state index in [1.165, 1.54) is 44.2 Å². The highest BCUT2D eigenvalue weighted by Gasteiger charge is 2.03. The van der Waals surface area contributed by atoms with Crippen LogP contribution in [-0.2, 0) is 0 Å². The molecule has 0 saturated heterocycles. The zero-order chi connectivity index (χ0) is 15.7. The van der Waals surface area contributed by atoms with Crippen LogP contribution < -0.4 is 5.30 Å². The SMILES string of the molecule is Cc1cc(C)cc(-c2ccc(-c3ccc(P)c(C)c3)cc2)c1. The van der Waals surface area contributed by atoms with Gasteiger partial charge in [-0.3, -0.25) is 0 Å². The lowest BCUT2D eigenvalue weighted by Crippen LogP contribution is -1.95. The molecule has 0 aliphatic carbocycles. The fourth-order valence-electron chi connectivity index (χ4n) is 2.85. The maximum atomic E-state index is 2.78. The highest BCUT2D eigenvalue weighted by Crippen LogP contribution is 2.26. The third-order valence-electron chi connectivity index (χ3n) is 4.04. The van der Waals surface area contributed by atoms with Crippen molar-refractivity contribution in [3.8, 4) is 22.3 Å². The molecule has 1 heteroatoms. The van der Waals surface area contributed by atoms with Gasteiger partial charge in [-0.15, -0.1) is 9.24 Å².